The van der Waals surface area contributed by atoms with Crippen LogP contribution in [0.25, 0.3) is 0 Å². The van der Waals surface area contributed by atoms with E-state index in [0.29, 0.717) is 36.4 Å². The minimum atomic E-state index is -0.282. The van der Waals surface area contributed by atoms with Crippen molar-refractivity contribution in [2.24, 2.45) is 13.0 Å². The van der Waals surface area contributed by atoms with Crippen LogP contribution in [0.15, 0.2) is 15.5 Å². The molecule has 0 aromatic carbocycles. The van der Waals surface area contributed by atoms with Crippen molar-refractivity contribution in [2.75, 3.05) is 13.1 Å². The Morgan fingerprint density at radius 3 is 2.92 bits per heavy atom. The summed E-state index contributed by atoms with van der Waals surface area (Å²) in [6.45, 7) is 5.30. The number of imidazole rings is 1. The first-order chi connectivity index (χ1) is 11.9. The highest BCUT2D eigenvalue weighted by Gasteiger charge is 2.55. The smallest absolute Gasteiger partial charge is 0.325 e. The van der Waals surface area contributed by atoms with Crippen LogP contribution in [0.4, 0.5) is 0 Å². The third-order valence-corrected chi connectivity index (χ3v) is 5.76. The van der Waals surface area contributed by atoms with E-state index in [1.54, 1.807) is 7.05 Å². The molecule has 2 atom stereocenters. The van der Waals surface area contributed by atoms with E-state index in [1.807, 2.05) is 18.7 Å². The molecule has 0 bridgehead atoms. The quantitative estimate of drug-likeness (QED) is 0.907. The Morgan fingerprint density at radius 1 is 1.48 bits per heavy atom. The fourth-order valence-electron chi connectivity index (χ4n) is 4.27. The Morgan fingerprint density at radius 2 is 2.28 bits per heavy atom. The van der Waals surface area contributed by atoms with Gasteiger partial charge in [0.1, 0.15) is 5.69 Å². The molecule has 0 unspecified atom stereocenters. The molecule has 4 rings (SSSR count). The van der Waals surface area contributed by atoms with Crippen molar-refractivity contribution in [3.05, 3.63) is 34.1 Å². The summed E-state index contributed by atoms with van der Waals surface area (Å²) in [4.78, 5) is 33.5. The van der Waals surface area contributed by atoms with Gasteiger partial charge in [-0.2, -0.15) is 4.98 Å². The highest BCUT2D eigenvalue weighted by molar-refractivity contribution is 5.92. The Hall–Kier alpha value is -2.38. The topological polar surface area (TPSA) is 97.0 Å². The molecule has 2 aliphatic rings. The standard InChI is InChI=1S/C17H23N5O3/c1-10(2)13-19-15(25-20-13)17-6-4-5-11(17)8-22(9-17)14(23)12-7-18-16(24)21(12)3/h7,10-11H,4-6,8-9H2,1-3H3,(H,18,24)/t11-,17-/m0/s1. The van der Waals surface area contributed by atoms with Gasteiger partial charge in [-0.05, 0) is 18.8 Å². The predicted octanol–water partition coefficient (Wildman–Crippen LogP) is 1.41. The Balaban J connectivity index is 1.64. The average molecular weight is 345 g/mol. The monoisotopic (exact) mass is 345 g/mol. The van der Waals surface area contributed by atoms with Crippen molar-refractivity contribution < 1.29 is 9.32 Å². The second kappa shape index (κ2) is 5.57. The normalized spacial score (nSPS) is 25.8. The van der Waals surface area contributed by atoms with Crippen LogP contribution in [0.3, 0.4) is 0 Å². The first-order valence-electron chi connectivity index (χ1n) is 8.80. The summed E-state index contributed by atoms with van der Waals surface area (Å²) in [5.74, 6) is 1.79. The fraction of sp³-hybridized carbons (Fsp3) is 0.647. The minimum Gasteiger partial charge on any atom is -0.339 e. The Labute approximate surface area is 145 Å². The van der Waals surface area contributed by atoms with Crippen molar-refractivity contribution in [3.63, 3.8) is 0 Å². The van der Waals surface area contributed by atoms with Crippen molar-refractivity contribution in [1.29, 1.82) is 0 Å². The van der Waals surface area contributed by atoms with Crippen LogP contribution < -0.4 is 5.69 Å². The lowest BCUT2D eigenvalue weighted by Gasteiger charge is -2.24. The third-order valence-electron chi connectivity index (χ3n) is 5.76. The average Bonchev–Trinajstić information content (AvgIpc) is 3.30. The maximum Gasteiger partial charge on any atom is 0.325 e. The third kappa shape index (κ3) is 2.34. The van der Waals surface area contributed by atoms with Crippen LogP contribution in [0.5, 0.6) is 0 Å². The molecular formula is C17H23N5O3. The molecule has 25 heavy (non-hydrogen) atoms. The Bertz CT molecular complexity index is 864. The van der Waals surface area contributed by atoms with Crippen LogP contribution in [0, 0.1) is 5.92 Å². The van der Waals surface area contributed by atoms with Gasteiger partial charge in [-0.25, -0.2) is 4.79 Å². The van der Waals surface area contributed by atoms with Gasteiger partial charge in [0.2, 0.25) is 5.89 Å². The number of carbonyl (C=O) groups excluding carboxylic acids is 1. The number of carbonyl (C=O) groups is 1. The zero-order chi connectivity index (χ0) is 17.8. The molecule has 8 nitrogen and oxygen atoms in total. The zero-order valence-corrected chi connectivity index (χ0v) is 14.8. The van der Waals surface area contributed by atoms with Gasteiger partial charge >= 0.3 is 5.69 Å². The van der Waals surface area contributed by atoms with Gasteiger partial charge < -0.3 is 14.4 Å². The van der Waals surface area contributed by atoms with E-state index in [2.05, 4.69) is 15.1 Å². The number of likely N-dealkylation sites (tertiary alicyclic amines) is 1. The minimum absolute atomic E-state index is 0.127. The SMILES string of the molecule is CC(C)c1noc([C@]23CCC[C@H]2CN(C(=O)c2c[nH]c(=O)n2C)C3)n1. The summed E-state index contributed by atoms with van der Waals surface area (Å²) in [5.41, 5.74) is -0.144. The lowest BCUT2D eigenvalue weighted by molar-refractivity contribution is 0.0765. The van der Waals surface area contributed by atoms with Gasteiger partial charge in [0, 0.05) is 32.3 Å². The lowest BCUT2D eigenvalue weighted by atomic mass is 9.80. The van der Waals surface area contributed by atoms with E-state index in [0.717, 1.165) is 19.3 Å². The van der Waals surface area contributed by atoms with Crippen LogP contribution in [0.2, 0.25) is 0 Å². The van der Waals surface area contributed by atoms with Crippen molar-refractivity contribution in [2.45, 2.75) is 44.4 Å². The van der Waals surface area contributed by atoms with Gasteiger partial charge in [0.15, 0.2) is 5.82 Å². The molecule has 1 amide bonds. The summed E-state index contributed by atoms with van der Waals surface area (Å²) in [6, 6.07) is 0. The van der Waals surface area contributed by atoms with Gasteiger partial charge in [0.05, 0.1) is 5.41 Å². The highest BCUT2D eigenvalue weighted by atomic mass is 16.5. The summed E-state index contributed by atoms with van der Waals surface area (Å²) >= 11 is 0. The number of nitrogens with one attached hydrogen (secondary N) is 1. The van der Waals surface area contributed by atoms with Crippen LogP contribution >= 0.6 is 0 Å². The molecule has 1 saturated heterocycles. The van der Waals surface area contributed by atoms with Gasteiger partial charge in [-0.1, -0.05) is 25.4 Å². The maximum atomic E-state index is 12.9. The molecule has 1 aliphatic heterocycles. The van der Waals surface area contributed by atoms with Crippen molar-refractivity contribution in [3.8, 4) is 0 Å². The number of rotatable bonds is 3. The highest BCUT2D eigenvalue weighted by Crippen LogP contribution is 2.50. The molecule has 1 saturated carbocycles. The molecule has 1 N–H and O–H groups in total. The summed E-state index contributed by atoms with van der Waals surface area (Å²) in [6.07, 6.45) is 4.59. The largest absolute Gasteiger partial charge is 0.339 e. The van der Waals surface area contributed by atoms with Gasteiger partial charge in [-0.3, -0.25) is 9.36 Å². The molecular weight excluding hydrogens is 322 g/mol. The van der Waals surface area contributed by atoms with E-state index >= 15 is 0 Å². The number of nitrogens with zero attached hydrogens (tertiary/aromatic N) is 4. The Kier molecular flexibility index (Phi) is 3.59. The van der Waals surface area contributed by atoms with Crippen LogP contribution in [-0.2, 0) is 12.5 Å². The van der Waals surface area contributed by atoms with Crippen LogP contribution in [0.1, 0.15) is 61.2 Å². The number of hydrogen-bond acceptors (Lipinski definition) is 5. The number of aromatic nitrogens is 4. The summed E-state index contributed by atoms with van der Waals surface area (Å²) in [7, 11) is 1.60. The lowest BCUT2D eigenvalue weighted by Crippen LogP contribution is -2.36. The van der Waals surface area contributed by atoms with E-state index in [4.69, 9.17) is 4.52 Å². The summed E-state index contributed by atoms with van der Waals surface area (Å²) in [5, 5.41) is 4.12. The molecule has 0 radical (unpaired) electrons. The fourth-order valence-corrected chi connectivity index (χ4v) is 4.27. The second-order valence-electron chi connectivity index (χ2n) is 7.58. The van der Waals surface area contributed by atoms with E-state index in [1.165, 1.54) is 10.8 Å². The number of amides is 1. The van der Waals surface area contributed by atoms with Crippen LogP contribution in [-0.4, -0.2) is 43.6 Å². The van der Waals surface area contributed by atoms with Gasteiger partial charge in [-0.15, -0.1) is 0 Å². The molecule has 1 aliphatic carbocycles. The maximum absolute atomic E-state index is 12.9. The molecule has 8 heteroatoms. The molecule has 2 aromatic rings. The number of hydrogen-bond donors (Lipinski definition) is 1. The molecule has 3 heterocycles. The van der Waals surface area contributed by atoms with Gasteiger partial charge in [0.25, 0.3) is 5.91 Å². The molecule has 0 spiro atoms. The van der Waals surface area contributed by atoms with E-state index < -0.39 is 0 Å². The van der Waals surface area contributed by atoms with Crippen molar-refractivity contribution in [1.82, 2.24) is 24.6 Å². The molecule has 2 fully saturated rings. The number of fused-ring (bicyclic) bond motifs is 1. The predicted molar refractivity (Wildman–Crippen MR) is 89.3 cm³/mol. The molecule has 2 aromatic heterocycles. The van der Waals surface area contributed by atoms with E-state index in [9.17, 15) is 9.59 Å². The second-order valence-corrected chi connectivity index (χ2v) is 7.58. The van der Waals surface area contributed by atoms with E-state index in [-0.39, 0.29) is 22.9 Å². The van der Waals surface area contributed by atoms with Crippen molar-refractivity contribution >= 4 is 5.91 Å². The first kappa shape index (κ1) is 16.1. The molecule has 134 valence electrons. The number of H-pyrrole nitrogens is 1. The number of aromatic amines is 1. The summed E-state index contributed by atoms with van der Waals surface area (Å²) < 4.78 is 6.97. The first-order valence-corrected chi connectivity index (χ1v) is 8.80. The zero-order valence-electron chi connectivity index (χ0n) is 14.8.